The van der Waals surface area contributed by atoms with Crippen LogP contribution in [0.1, 0.15) is 90.7 Å². The van der Waals surface area contributed by atoms with Crippen molar-refractivity contribution < 1.29 is 59.4 Å². The number of sulfonamides is 1. The Hall–Kier alpha value is -4.42. The summed E-state index contributed by atoms with van der Waals surface area (Å²) in [5.41, 5.74) is -3.73. The van der Waals surface area contributed by atoms with E-state index in [1.165, 1.54) is 24.0 Å². The molecule has 5 amide bonds. The molecular formula is C38H49F4N5O9S. The highest BCUT2D eigenvalue weighted by Crippen LogP contribution is 2.47. The first-order chi connectivity index (χ1) is 26.5. The van der Waals surface area contributed by atoms with Crippen molar-refractivity contribution in [3.05, 3.63) is 47.3 Å². The Morgan fingerprint density at radius 1 is 1.05 bits per heavy atom. The average Bonchev–Trinajstić information content (AvgIpc) is 3.90. The number of hydrogen-bond acceptors (Lipinski definition) is 9. The molecule has 0 bridgehead atoms. The summed E-state index contributed by atoms with van der Waals surface area (Å²) in [5.74, 6) is -4.58. The molecule has 1 aromatic rings. The van der Waals surface area contributed by atoms with Gasteiger partial charge in [0.05, 0.1) is 17.8 Å². The molecule has 0 aromatic heterocycles. The van der Waals surface area contributed by atoms with E-state index in [0.29, 0.717) is 57.1 Å². The monoisotopic (exact) mass is 827 g/mol. The lowest BCUT2D eigenvalue weighted by molar-refractivity contribution is -0.244. The van der Waals surface area contributed by atoms with E-state index in [1.54, 1.807) is 19.1 Å². The van der Waals surface area contributed by atoms with Crippen molar-refractivity contribution in [1.29, 1.82) is 0 Å². The molecule has 3 aliphatic heterocycles. The van der Waals surface area contributed by atoms with Gasteiger partial charge in [-0.2, -0.15) is 13.2 Å². The van der Waals surface area contributed by atoms with Crippen LogP contribution in [-0.4, -0.2) is 94.9 Å². The molecular weight excluding hydrogens is 779 g/mol. The predicted molar refractivity (Wildman–Crippen MR) is 195 cm³/mol. The second-order valence-electron chi connectivity index (χ2n) is 17.0. The number of carbonyl (C=O) groups excluding carboxylic acids is 5. The van der Waals surface area contributed by atoms with Gasteiger partial charge in [0, 0.05) is 24.4 Å². The lowest BCUT2D eigenvalue weighted by atomic mass is 9.88. The molecule has 0 spiro atoms. The lowest BCUT2D eigenvalue weighted by Crippen LogP contribution is -2.59. The van der Waals surface area contributed by atoms with Gasteiger partial charge in [0.2, 0.25) is 27.4 Å². The average molecular weight is 828 g/mol. The van der Waals surface area contributed by atoms with Gasteiger partial charge in [0.25, 0.3) is 5.91 Å². The molecule has 57 heavy (non-hydrogen) atoms. The van der Waals surface area contributed by atoms with Gasteiger partial charge in [-0.3, -0.25) is 24.0 Å². The van der Waals surface area contributed by atoms with Gasteiger partial charge in [-0.25, -0.2) is 22.4 Å². The van der Waals surface area contributed by atoms with Crippen molar-refractivity contribution in [2.75, 3.05) is 6.54 Å². The third-order valence-corrected chi connectivity index (χ3v) is 14.2. The normalized spacial score (nSPS) is 30.7. The molecule has 1 saturated heterocycles. The Kier molecular flexibility index (Phi) is 11.2. The highest BCUT2D eigenvalue weighted by atomic mass is 32.2. The first-order valence-electron chi connectivity index (χ1n) is 19.1. The maximum absolute atomic E-state index is 14.6. The van der Waals surface area contributed by atoms with Crippen LogP contribution in [0, 0.1) is 23.6 Å². The van der Waals surface area contributed by atoms with E-state index in [9.17, 15) is 50.0 Å². The van der Waals surface area contributed by atoms with Gasteiger partial charge in [-0.15, -0.1) is 0 Å². The molecule has 3 N–H and O–H groups in total. The van der Waals surface area contributed by atoms with Crippen molar-refractivity contribution in [2.24, 2.45) is 17.8 Å². The summed E-state index contributed by atoms with van der Waals surface area (Å²) < 4.78 is 93.3. The van der Waals surface area contributed by atoms with E-state index in [2.05, 4.69) is 15.4 Å². The summed E-state index contributed by atoms with van der Waals surface area (Å²) in [6, 6.07) is 1.48. The molecule has 6 rings (SSSR count). The second-order valence-corrected chi connectivity index (χ2v) is 19.2. The van der Waals surface area contributed by atoms with E-state index in [-0.39, 0.29) is 31.8 Å². The number of rotatable bonds is 6. The van der Waals surface area contributed by atoms with Crippen LogP contribution in [0.15, 0.2) is 30.4 Å². The van der Waals surface area contributed by atoms with Crippen LogP contribution >= 0.6 is 0 Å². The minimum Gasteiger partial charge on any atom is -0.444 e. The Labute approximate surface area is 328 Å². The molecule has 14 nitrogen and oxygen atoms in total. The summed E-state index contributed by atoms with van der Waals surface area (Å²) in [5, 5.41) is 5.01. The highest BCUT2D eigenvalue weighted by molar-refractivity contribution is 7.91. The fraction of sp³-hybridized carbons (Fsp3) is 0.658. The molecule has 19 heteroatoms. The predicted octanol–water partition coefficient (Wildman–Crippen LogP) is 4.57. The van der Waals surface area contributed by atoms with Crippen molar-refractivity contribution in [3.63, 3.8) is 0 Å². The van der Waals surface area contributed by atoms with Crippen LogP contribution in [0.4, 0.5) is 27.2 Å². The van der Waals surface area contributed by atoms with Gasteiger partial charge in [-0.05, 0) is 82.8 Å². The molecule has 0 radical (unpaired) electrons. The summed E-state index contributed by atoms with van der Waals surface area (Å²) in [4.78, 5) is 71.5. The summed E-state index contributed by atoms with van der Waals surface area (Å²) in [7, 11) is -4.11. The zero-order chi connectivity index (χ0) is 41.9. The quantitative estimate of drug-likeness (QED) is 0.274. The number of halogens is 4. The maximum atomic E-state index is 14.6. The molecule has 3 heterocycles. The number of amides is 5. The van der Waals surface area contributed by atoms with Crippen LogP contribution < -0.4 is 15.4 Å². The van der Waals surface area contributed by atoms with Crippen LogP contribution in [-0.2, 0) is 47.0 Å². The Balaban J connectivity index is 1.30. The van der Waals surface area contributed by atoms with E-state index < -0.39 is 104 Å². The smallest absolute Gasteiger partial charge is 0.427 e. The third-order valence-electron chi connectivity index (χ3n) is 12.0. The molecule has 2 aliphatic carbocycles. The topological polar surface area (TPSA) is 181 Å². The Morgan fingerprint density at radius 2 is 1.75 bits per heavy atom. The van der Waals surface area contributed by atoms with Crippen molar-refractivity contribution >= 4 is 39.9 Å². The summed E-state index contributed by atoms with van der Waals surface area (Å²) in [6.45, 7) is 5.90. The molecule has 2 saturated carbocycles. The number of nitrogens with zero attached hydrogens (tertiary/aromatic N) is 2. The number of benzene rings is 1. The molecule has 1 aromatic carbocycles. The zero-order valence-electron chi connectivity index (χ0n) is 32.4. The summed E-state index contributed by atoms with van der Waals surface area (Å²) >= 11 is 0. The van der Waals surface area contributed by atoms with Gasteiger partial charge < -0.3 is 25.0 Å². The number of alkyl halides is 3. The number of ether oxygens (including phenoxy) is 2. The van der Waals surface area contributed by atoms with E-state index in [1.807, 2.05) is 13.0 Å². The Morgan fingerprint density at radius 3 is 2.40 bits per heavy atom. The third kappa shape index (κ3) is 8.58. The number of allylic oxidation sites excluding steroid dienone is 1. The standard InChI is InChI=1S/C38H49F4N5O9S/c1-21-9-6-7-11-24-17-37(24,32(50)45-57(53,54)36(5)13-14-36)44-30(48)28-16-25(55-34(52)46-18-23-10-8-12-27(39)26(23)20-46)19-47(28)31(49)29(22(2)15-21)43-33(51)56-35(3,4)38(40,41)42/h7-8,10-12,21-22,24-25,28-29H,6,9,13-20H2,1-5H3,(H,43,51)(H,44,48)(H,45,50)/b11-7-/t21-,22-,24-,25-,28+,29+,37-/m1/s1. The van der Waals surface area contributed by atoms with Gasteiger partial charge in [0.1, 0.15) is 29.5 Å². The number of fused-ring (bicyclic) bond motifs is 3. The van der Waals surface area contributed by atoms with Gasteiger partial charge >= 0.3 is 18.4 Å². The van der Waals surface area contributed by atoms with E-state index in [0.717, 1.165) is 4.90 Å². The number of hydrogen-bond donors (Lipinski definition) is 3. The highest BCUT2D eigenvalue weighted by Gasteiger charge is 2.63. The maximum Gasteiger partial charge on any atom is 0.427 e. The first kappa shape index (κ1) is 42.2. The van der Waals surface area contributed by atoms with Gasteiger partial charge in [-0.1, -0.05) is 38.1 Å². The molecule has 314 valence electrons. The Bertz CT molecular complexity index is 1960. The molecule has 3 fully saturated rings. The fourth-order valence-electron chi connectivity index (χ4n) is 7.77. The van der Waals surface area contributed by atoms with Crippen LogP contribution in [0.5, 0.6) is 0 Å². The largest absolute Gasteiger partial charge is 0.444 e. The first-order valence-corrected chi connectivity index (χ1v) is 20.6. The van der Waals surface area contributed by atoms with E-state index >= 15 is 0 Å². The molecule has 7 atom stereocenters. The fourth-order valence-corrected chi connectivity index (χ4v) is 9.08. The molecule has 0 unspecified atom stereocenters. The zero-order valence-corrected chi connectivity index (χ0v) is 33.2. The van der Waals surface area contributed by atoms with Crippen molar-refractivity contribution in [3.8, 4) is 0 Å². The van der Waals surface area contributed by atoms with Crippen LogP contribution in [0.3, 0.4) is 0 Å². The minimum atomic E-state index is -4.94. The summed E-state index contributed by atoms with van der Waals surface area (Å²) in [6.07, 6.45) is -3.05. The van der Waals surface area contributed by atoms with E-state index in [4.69, 9.17) is 9.47 Å². The SMILES string of the molecule is C[C@@H]1CC/C=C\[C@@H]2C[C@@]2(C(=O)NS(=O)(=O)C2(C)CC2)NC(=O)[C@@H]2C[C@@H](OC(=O)N3Cc4cccc(F)c4C3)CN2C(=O)[C@@H](NC(=O)OC(C)(C)C(F)(F)F)[C@H](C)C1. The minimum absolute atomic E-state index is 0.0395. The molecule has 5 aliphatic rings. The van der Waals surface area contributed by atoms with Crippen LogP contribution in [0.25, 0.3) is 0 Å². The van der Waals surface area contributed by atoms with Crippen molar-refractivity contribution in [1.82, 2.24) is 25.2 Å². The number of nitrogens with one attached hydrogen (secondary N) is 3. The second kappa shape index (κ2) is 15.1. The lowest BCUT2D eigenvalue weighted by Gasteiger charge is -2.34. The number of alkyl carbamates (subject to hydrolysis) is 1. The van der Waals surface area contributed by atoms with Gasteiger partial charge in [0.15, 0.2) is 0 Å². The van der Waals surface area contributed by atoms with Crippen LogP contribution in [0.2, 0.25) is 0 Å². The number of carbonyl (C=O) groups is 5. The van der Waals surface area contributed by atoms with Crippen molar-refractivity contribution in [2.45, 2.75) is 133 Å².